The summed E-state index contributed by atoms with van der Waals surface area (Å²) in [5, 5.41) is 8.85. The van der Waals surface area contributed by atoms with Gasteiger partial charge in [0, 0.05) is 24.9 Å². The van der Waals surface area contributed by atoms with Crippen LogP contribution in [0.3, 0.4) is 0 Å². The maximum absolute atomic E-state index is 11.9. The van der Waals surface area contributed by atoms with Crippen molar-refractivity contribution in [3.8, 4) is 0 Å². The summed E-state index contributed by atoms with van der Waals surface area (Å²) in [5.74, 6) is -0.444. The molecule has 4 heteroatoms. The van der Waals surface area contributed by atoms with Gasteiger partial charge in [-0.15, -0.1) is 0 Å². The molecule has 90 valence electrons. The van der Waals surface area contributed by atoms with Gasteiger partial charge in [-0.05, 0) is 12.8 Å². The van der Waals surface area contributed by atoms with Gasteiger partial charge in [0.15, 0.2) is 0 Å². The molecule has 1 aliphatic carbocycles. The number of aliphatic carboxylic acids is 1. The summed E-state index contributed by atoms with van der Waals surface area (Å²) in [5.41, 5.74) is 0. The molecule has 2 fully saturated rings. The third-order valence-electron chi connectivity index (χ3n) is 4.02. The summed E-state index contributed by atoms with van der Waals surface area (Å²) in [4.78, 5) is 24.5. The SMILES string of the molecule is CC(C(=O)O)C1CN(C(=O)C2CCCC2)C1. The van der Waals surface area contributed by atoms with Gasteiger partial charge in [-0.25, -0.2) is 0 Å². The van der Waals surface area contributed by atoms with Crippen LogP contribution < -0.4 is 0 Å². The molecule has 0 spiro atoms. The highest BCUT2D eigenvalue weighted by molar-refractivity contribution is 5.80. The van der Waals surface area contributed by atoms with Gasteiger partial charge < -0.3 is 10.0 Å². The Labute approximate surface area is 95.6 Å². The molecule has 0 aromatic carbocycles. The summed E-state index contributed by atoms with van der Waals surface area (Å²) in [7, 11) is 0. The van der Waals surface area contributed by atoms with Crippen molar-refractivity contribution in [3.63, 3.8) is 0 Å². The van der Waals surface area contributed by atoms with Crippen LogP contribution in [0, 0.1) is 17.8 Å². The van der Waals surface area contributed by atoms with Crippen LogP contribution in [-0.4, -0.2) is 35.0 Å². The van der Waals surface area contributed by atoms with E-state index in [1.165, 1.54) is 12.8 Å². The van der Waals surface area contributed by atoms with E-state index >= 15 is 0 Å². The highest BCUT2D eigenvalue weighted by atomic mass is 16.4. The lowest BCUT2D eigenvalue weighted by Gasteiger charge is -2.42. The zero-order valence-electron chi connectivity index (χ0n) is 9.69. The average molecular weight is 225 g/mol. The summed E-state index contributed by atoms with van der Waals surface area (Å²) in [6.45, 7) is 3.01. The number of likely N-dealkylation sites (tertiary alicyclic amines) is 1. The molecule has 0 aromatic heterocycles. The number of carboxylic acid groups (broad SMARTS) is 1. The molecule has 0 aromatic rings. The maximum Gasteiger partial charge on any atom is 0.306 e. The molecule has 1 atom stereocenters. The first kappa shape index (κ1) is 11.4. The first-order valence-corrected chi connectivity index (χ1v) is 6.11. The van der Waals surface area contributed by atoms with Gasteiger partial charge in [0.2, 0.25) is 5.91 Å². The van der Waals surface area contributed by atoms with Crippen molar-refractivity contribution in [3.05, 3.63) is 0 Å². The van der Waals surface area contributed by atoms with E-state index in [2.05, 4.69) is 0 Å². The Morgan fingerprint density at radius 3 is 2.31 bits per heavy atom. The summed E-state index contributed by atoms with van der Waals surface area (Å²) < 4.78 is 0. The zero-order chi connectivity index (χ0) is 11.7. The van der Waals surface area contributed by atoms with Crippen molar-refractivity contribution in [2.24, 2.45) is 17.8 Å². The van der Waals surface area contributed by atoms with Crippen LogP contribution in [0.4, 0.5) is 0 Å². The van der Waals surface area contributed by atoms with Gasteiger partial charge >= 0.3 is 5.97 Å². The second-order valence-electron chi connectivity index (χ2n) is 5.11. The quantitative estimate of drug-likeness (QED) is 0.789. The Hall–Kier alpha value is -1.06. The van der Waals surface area contributed by atoms with E-state index in [0.717, 1.165) is 12.8 Å². The van der Waals surface area contributed by atoms with E-state index < -0.39 is 5.97 Å². The average Bonchev–Trinajstić information content (AvgIpc) is 2.67. The van der Waals surface area contributed by atoms with E-state index in [1.807, 2.05) is 4.90 Å². The lowest BCUT2D eigenvalue weighted by Crippen LogP contribution is -2.54. The number of rotatable bonds is 3. The van der Waals surface area contributed by atoms with Crippen molar-refractivity contribution >= 4 is 11.9 Å². The minimum absolute atomic E-state index is 0.155. The highest BCUT2D eigenvalue weighted by Crippen LogP contribution is 2.31. The Morgan fingerprint density at radius 1 is 1.25 bits per heavy atom. The van der Waals surface area contributed by atoms with Crippen LogP contribution in [0.1, 0.15) is 32.6 Å². The van der Waals surface area contributed by atoms with Crippen LogP contribution >= 0.6 is 0 Å². The molecule has 1 saturated heterocycles. The summed E-state index contributed by atoms with van der Waals surface area (Å²) in [6.07, 6.45) is 4.38. The standard InChI is InChI=1S/C12H19NO3/c1-8(12(15)16)10-6-13(7-10)11(14)9-4-2-3-5-9/h8-10H,2-7H2,1H3,(H,15,16). The predicted molar refractivity (Wildman–Crippen MR) is 58.8 cm³/mol. The fourth-order valence-electron chi connectivity index (χ4n) is 2.64. The first-order valence-electron chi connectivity index (χ1n) is 6.11. The molecular formula is C12H19NO3. The number of carbonyl (C=O) groups excluding carboxylic acids is 1. The molecule has 0 radical (unpaired) electrons. The van der Waals surface area contributed by atoms with E-state index in [4.69, 9.17) is 5.11 Å². The number of nitrogens with zero attached hydrogens (tertiary/aromatic N) is 1. The monoisotopic (exact) mass is 225 g/mol. The van der Waals surface area contributed by atoms with Gasteiger partial charge in [0.05, 0.1) is 5.92 Å². The second-order valence-corrected chi connectivity index (χ2v) is 5.11. The molecule has 1 aliphatic heterocycles. The van der Waals surface area contributed by atoms with Crippen LogP contribution in [0.2, 0.25) is 0 Å². The zero-order valence-corrected chi connectivity index (χ0v) is 9.69. The maximum atomic E-state index is 11.9. The van der Waals surface area contributed by atoms with Gasteiger partial charge in [-0.3, -0.25) is 9.59 Å². The number of hydrogen-bond acceptors (Lipinski definition) is 2. The van der Waals surface area contributed by atoms with Crippen LogP contribution in [0.25, 0.3) is 0 Å². The molecule has 0 bridgehead atoms. The number of amides is 1. The van der Waals surface area contributed by atoms with Crippen molar-refractivity contribution in [2.45, 2.75) is 32.6 Å². The predicted octanol–water partition coefficient (Wildman–Crippen LogP) is 1.36. The Bertz CT molecular complexity index is 291. The van der Waals surface area contributed by atoms with Crippen LogP contribution in [0.5, 0.6) is 0 Å². The molecule has 4 nitrogen and oxygen atoms in total. The molecule has 16 heavy (non-hydrogen) atoms. The molecular weight excluding hydrogens is 206 g/mol. The lowest BCUT2D eigenvalue weighted by molar-refractivity contribution is -0.152. The van der Waals surface area contributed by atoms with Crippen molar-refractivity contribution < 1.29 is 14.7 Å². The number of carbonyl (C=O) groups is 2. The fourth-order valence-corrected chi connectivity index (χ4v) is 2.64. The van der Waals surface area contributed by atoms with Gasteiger partial charge in [0.1, 0.15) is 0 Å². The largest absolute Gasteiger partial charge is 0.481 e. The third kappa shape index (κ3) is 2.06. The minimum atomic E-state index is -0.752. The minimum Gasteiger partial charge on any atom is -0.481 e. The van der Waals surface area contributed by atoms with Crippen LogP contribution in [-0.2, 0) is 9.59 Å². The fraction of sp³-hybridized carbons (Fsp3) is 0.833. The van der Waals surface area contributed by atoms with Gasteiger partial charge in [0.25, 0.3) is 0 Å². The van der Waals surface area contributed by atoms with Crippen LogP contribution in [0.15, 0.2) is 0 Å². The second kappa shape index (κ2) is 4.44. The van der Waals surface area contributed by atoms with E-state index in [0.29, 0.717) is 13.1 Å². The van der Waals surface area contributed by atoms with Crippen molar-refractivity contribution in [2.75, 3.05) is 13.1 Å². The van der Waals surface area contributed by atoms with Gasteiger partial charge in [-0.2, -0.15) is 0 Å². The molecule has 1 saturated carbocycles. The van der Waals surface area contributed by atoms with Gasteiger partial charge in [-0.1, -0.05) is 19.8 Å². The summed E-state index contributed by atoms with van der Waals surface area (Å²) >= 11 is 0. The lowest BCUT2D eigenvalue weighted by atomic mass is 9.86. The topological polar surface area (TPSA) is 57.6 Å². The Balaban J connectivity index is 1.79. The Kier molecular flexibility index (Phi) is 3.17. The molecule has 1 N–H and O–H groups in total. The Morgan fingerprint density at radius 2 is 1.81 bits per heavy atom. The third-order valence-corrected chi connectivity index (χ3v) is 4.02. The van der Waals surface area contributed by atoms with E-state index in [-0.39, 0.29) is 23.7 Å². The number of carboxylic acids is 1. The van der Waals surface area contributed by atoms with E-state index in [9.17, 15) is 9.59 Å². The smallest absolute Gasteiger partial charge is 0.306 e. The van der Waals surface area contributed by atoms with Crippen molar-refractivity contribution in [1.82, 2.24) is 4.90 Å². The molecule has 1 unspecified atom stereocenters. The molecule has 2 aliphatic rings. The molecule has 1 heterocycles. The van der Waals surface area contributed by atoms with E-state index in [1.54, 1.807) is 6.92 Å². The number of hydrogen-bond donors (Lipinski definition) is 1. The summed E-state index contributed by atoms with van der Waals surface area (Å²) in [6, 6.07) is 0. The van der Waals surface area contributed by atoms with Crippen molar-refractivity contribution in [1.29, 1.82) is 0 Å². The molecule has 2 rings (SSSR count). The normalized spacial score (nSPS) is 24.2. The molecule has 1 amide bonds. The highest BCUT2D eigenvalue weighted by Gasteiger charge is 2.39. The first-order chi connectivity index (χ1) is 7.59.